The van der Waals surface area contributed by atoms with Gasteiger partial charge >= 0.3 is 0 Å². The van der Waals surface area contributed by atoms with E-state index in [1.807, 2.05) is 45.0 Å². The van der Waals surface area contributed by atoms with Crippen LogP contribution in [0.1, 0.15) is 27.2 Å². The second kappa shape index (κ2) is 8.15. The van der Waals surface area contributed by atoms with E-state index in [1.54, 1.807) is 0 Å². The van der Waals surface area contributed by atoms with Crippen molar-refractivity contribution in [1.29, 1.82) is 0 Å². The zero-order valence-corrected chi connectivity index (χ0v) is 14.7. The molecule has 1 aromatic carbocycles. The van der Waals surface area contributed by atoms with E-state index in [1.165, 1.54) is 0 Å². The number of hydrogen-bond acceptors (Lipinski definition) is 4. The number of hydrogen-bond donors (Lipinski definition) is 2. The SMILES string of the molecule is CC(C)(C)C(=O)NCCC(=O)Nc1cccc(N2CCOCC2)c1. The van der Waals surface area contributed by atoms with Crippen LogP contribution in [0.15, 0.2) is 24.3 Å². The summed E-state index contributed by atoms with van der Waals surface area (Å²) in [6, 6.07) is 7.80. The van der Waals surface area contributed by atoms with E-state index >= 15 is 0 Å². The van der Waals surface area contributed by atoms with Gasteiger partial charge in [-0.3, -0.25) is 9.59 Å². The summed E-state index contributed by atoms with van der Waals surface area (Å²) in [5.74, 6) is -0.159. The predicted octanol–water partition coefficient (Wildman–Crippen LogP) is 2.01. The summed E-state index contributed by atoms with van der Waals surface area (Å²) in [5, 5.41) is 5.67. The van der Waals surface area contributed by atoms with Gasteiger partial charge in [0.05, 0.1) is 13.2 Å². The molecule has 0 bridgehead atoms. The van der Waals surface area contributed by atoms with E-state index in [0.717, 1.165) is 37.7 Å². The Kier molecular flexibility index (Phi) is 6.20. The Labute approximate surface area is 143 Å². The number of carbonyl (C=O) groups is 2. The van der Waals surface area contributed by atoms with Crippen LogP contribution in [0.5, 0.6) is 0 Å². The number of benzene rings is 1. The number of rotatable bonds is 5. The van der Waals surface area contributed by atoms with Gasteiger partial charge in [0, 0.05) is 42.8 Å². The summed E-state index contributed by atoms with van der Waals surface area (Å²) in [5.41, 5.74) is 1.41. The second-order valence-electron chi connectivity index (χ2n) is 6.95. The molecule has 6 nitrogen and oxygen atoms in total. The van der Waals surface area contributed by atoms with Crippen molar-refractivity contribution in [3.8, 4) is 0 Å². The lowest BCUT2D eigenvalue weighted by Crippen LogP contribution is -2.36. The molecule has 0 aromatic heterocycles. The molecular weight excluding hydrogens is 306 g/mol. The smallest absolute Gasteiger partial charge is 0.226 e. The second-order valence-corrected chi connectivity index (χ2v) is 6.95. The minimum atomic E-state index is -0.442. The Morgan fingerprint density at radius 2 is 1.92 bits per heavy atom. The number of nitrogens with one attached hydrogen (secondary N) is 2. The third kappa shape index (κ3) is 5.53. The monoisotopic (exact) mass is 333 g/mol. The Morgan fingerprint density at radius 3 is 2.58 bits per heavy atom. The van der Waals surface area contributed by atoms with E-state index < -0.39 is 5.41 Å². The molecule has 1 fully saturated rings. The van der Waals surface area contributed by atoms with Gasteiger partial charge < -0.3 is 20.3 Å². The molecule has 1 aromatic rings. The molecule has 2 rings (SSSR count). The minimum Gasteiger partial charge on any atom is -0.378 e. The van der Waals surface area contributed by atoms with Crippen LogP contribution in [-0.4, -0.2) is 44.7 Å². The first kappa shape index (κ1) is 18.3. The van der Waals surface area contributed by atoms with E-state index in [4.69, 9.17) is 4.74 Å². The molecule has 0 aliphatic carbocycles. The normalized spacial score (nSPS) is 15.0. The molecule has 1 aliphatic heterocycles. The number of ether oxygens (including phenoxy) is 1. The van der Waals surface area contributed by atoms with Crippen molar-refractivity contribution < 1.29 is 14.3 Å². The highest BCUT2D eigenvalue weighted by molar-refractivity contribution is 5.91. The van der Waals surface area contributed by atoms with E-state index in [2.05, 4.69) is 15.5 Å². The lowest BCUT2D eigenvalue weighted by molar-refractivity contribution is -0.128. The van der Waals surface area contributed by atoms with E-state index in [-0.39, 0.29) is 18.2 Å². The number of carbonyl (C=O) groups excluding carboxylic acids is 2. The van der Waals surface area contributed by atoms with Crippen LogP contribution in [0.3, 0.4) is 0 Å². The zero-order valence-electron chi connectivity index (χ0n) is 14.7. The summed E-state index contributed by atoms with van der Waals surface area (Å²) in [7, 11) is 0. The van der Waals surface area contributed by atoms with E-state index in [9.17, 15) is 9.59 Å². The van der Waals surface area contributed by atoms with Crippen LogP contribution in [0.4, 0.5) is 11.4 Å². The first-order chi connectivity index (χ1) is 11.4. The number of nitrogens with zero attached hydrogens (tertiary/aromatic N) is 1. The molecule has 0 radical (unpaired) electrons. The number of anilines is 2. The average Bonchev–Trinajstić information content (AvgIpc) is 2.55. The van der Waals surface area contributed by atoms with Crippen molar-refractivity contribution in [3.05, 3.63) is 24.3 Å². The van der Waals surface area contributed by atoms with Gasteiger partial charge in [-0.15, -0.1) is 0 Å². The molecule has 2 amide bonds. The topological polar surface area (TPSA) is 70.7 Å². The van der Waals surface area contributed by atoms with Crippen LogP contribution in [-0.2, 0) is 14.3 Å². The summed E-state index contributed by atoms with van der Waals surface area (Å²) in [6.45, 7) is 9.05. The van der Waals surface area contributed by atoms with Crippen LogP contribution < -0.4 is 15.5 Å². The molecule has 0 atom stereocenters. The largest absolute Gasteiger partial charge is 0.378 e. The van der Waals surface area contributed by atoms with Gasteiger partial charge in [-0.05, 0) is 18.2 Å². The number of amides is 2. The third-order valence-corrected chi connectivity index (χ3v) is 3.82. The maximum atomic E-state index is 12.0. The van der Waals surface area contributed by atoms with Crippen LogP contribution in [0.25, 0.3) is 0 Å². The third-order valence-electron chi connectivity index (χ3n) is 3.82. The molecule has 2 N–H and O–H groups in total. The highest BCUT2D eigenvalue weighted by Gasteiger charge is 2.20. The molecular formula is C18H27N3O3. The molecule has 132 valence electrons. The molecule has 6 heteroatoms. The first-order valence-corrected chi connectivity index (χ1v) is 8.37. The Hall–Kier alpha value is -2.08. The van der Waals surface area contributed by atoms with Gasteiger partial charge in [-0.1, -0.05) is 26.8 Å². The van der Waals surface area contributed by atoms with Crippen LogP contribution in [0, 0.1) is 5.41 Å². The highest BCUT2D eigenvalue weighted by Crippen LogP contribution is 2.20. The van der Waals surface area contributed by atoms with Gasteiger partial charge in [-0.25, -0.2) is 0 Å². The Bertz CT molecular complexity index is 575. The molecule has 0 saturated carbocycles. The standard InChI is InChI=1S/C18H27N3O3/c1-18(2,3)17(23)19-8-7-16(22)20-14-5-4-6-15(13-14)21-9-11-24-12-10-21/h4-6,13H,7-12H2,1-3H3,(H,19,23)(H,20,22). The van der Waals surface area contributed by atoms with Gasteiger partial charge in [-0.2, -0.15) is 0 Å². The fourth-order valence-electron chi connectivity index (χ4n) is 2.38. The van der Waals surface area contributed by atoms with Crippen molar-refractivity contribution in [2.24, 2.45) is 5.41 Å². The van der Waals surface area contributed by atoms with Gasteiger partial charge in [0.2, 0.25) is 11.8 Å². The fourth-order valence-corrected chi connectivity index (χ4v) is 2.38. The molecule has 24 heavy (non-hydrogen) atoms. The molecule has 1 heterocycles. The highest BCUT2D eigenvalue weighted by atomic mass is 16.5. The number of morpholine rings is 1. The van der Waals surface area contributed by atoms with E-state index in [0.29, 0.717) is 6.54 Å². The predicted molar refractivity (Wildman–Crippen MR) is 95.2 cm³/mol. The van der Waals surface area contributed by atoms with Crippen LogP contribution >= 0.6 is 0 Å². The van der Waals surface area contributed by atoms with Crippen molar-refractivity contribution >= 4 is 23.2 Å². The lowest BCUT2D eigenvalue weighted by Gasteiger charge is -2.29. The fraction of sp³-hybridized carbons (Fsp3) is 0.556. The van der Waals surface area contributed by atoms with Crippen molar-refractivity contribution in [1.82, 2.24) is 5.32 Å². The van der Waals surface area contributed by atoms with Gasteiger partial charge in [0.1, 0.15) is 0 Å². The zero-order chi connectivity index (χ0) is 17.6. The quantitative estimate of drug-likeness (QED) is 0.865. The Balaban J connectivity index is 1.82. The average molecular weight is 333 g/mol. The van der Waals surface area contributed by atoms with Crippen molar-refractivity contribution in [3.63, 3.8) is 0 Å². The molecule has 0 spiro atoms. The molecule has 1 aliphatic rings. The van der Waals surface area contributed by atoms with Gasteiger partial charge in [0.25, 0.3) is 0 Å². The summed E-state index contributed by atoms with van der Waals surface area (Å²) < 4.78 is 5.36. The van der Waals surface area contributed by atoms with Crippen molar-refractivity contribution in [2.75, 3.05) is 43.1 Å². The first-order valence-electron chi connectivity index (χ1n) is 8.37. The Morgan fingerprint density at radius 1 is 1.21 bits per heavy atom. The summed E-state index contributed by atoms with van der Waals surface area (Å²) in [6.07, 6.45) is 0.254. The van der Waals surface area contributed by atoms with Crippen molar-refractivity contribution in [2.45, 2.75) is 27.2 Å². The summed E-state index contributed by atoms with van der Waals surface area (Å²) in [4.78, 5) is 26.0. The van der Waals surface area contributed by atoms with Crippen LogP contribution in [0.2, 0.25) is 0 Å². The van der Waals surface area contributed by atoms with Gasteiger partial charge in [0.15, 0.2) is 0 Å². The summed E-state index contributed by atoms with van der Waals surface area (Å²) >= 11 is 0. The molecule has 1 saturated heterocycles. The minimum absolute atomic E-state index is 0.0513. The lowest BCUT2D eigenvalue weighted by atomic mass is 9.96. The maximum absolute atomic E-state index is 12.0. The molecule has 0 unspecified atom stereocenters. The maximum Gasteiger partial charge on any atom is 0.226 e.